The summed E-state index contributed by atoms with van der Waals surface area (Å²) >= 11 is 0. The molecular weight excluding hydrogens is 604 g/mol. The average Bonchev–Trinajstić information content (AvgIpc) is 3.13. The molecule has 0 aromatic rings. The third-order valence-corrected chi connectivity index (χ3v) is 13.9. The van der Waals surface area contributed by atoms with Gasteiger partial charge in [-0.15, -0.1) is 0 Å². The van der Waals surface area contributed by atoms with Crippen LogP contribution in [0.2, 0.25) is 0 Å². The van der Waals surface area contributed by atoms with E-state index in [4.69, 9.17) is 0 Å². The van der Waals surface area contributed by atoms with Crippen LogP contribution in [0.15, 0.2) is 0 Å². The Bertz CT molecular complexity index is 1120. The maximum Gasteiger partial charge on any atom is 0.229 e. The highest BCUT2D eigenvalue weighted by atomic mass is 16.2. The first-order valence-electron chi connectivity index (χ1n) is 20.1. The van der Waals surface area contributed by atoms with Gasteiger partial charge in [0.25, 0.3) is 0 Å². The van der Waals surface area contributed by atoms with Gasteiger partial charge in [-0.1, -0.05) is 0 Å². The highest BCUT2D eigenvalue weighted by molar-refractivity contribution is 5.84. The van der Waals surface area contributed by atoms with E-state index >= 15 is 0 Å². The summed E-state index contributed by atoms with van der Waals surface area (Å²) in [4.78, 5) is 56.2. The molecule has 2 aliphatic heterocycles. The Balaban J connectivity index is 0.889. The molecule has 6 N–H and O–H groups in total. The van der Waals surface area contributed by atoms with E-state index in [2.05, 4.69) is 35.1 Å². The minimum atomic E-state index is -0.306. The molecule has 2 heterocycles. The van der Waals surface area contributed by atoms with Crippen LogP contribution in [0.3, 0.4) is 0 Å². The van der Waals surface area contributed by atoms with Crippen molar-refractivity contribution in [2.24, 2.45) is 23.2 Å². The molecule has 5 aliphatic carbocycles. The Morgan fingerprint density at radius 3 is 1.65 bits per heavy atom. The second-order valence-electron chi connectivity index (χ2n) is 16.9. The topological polar surface area (TPSA) is 125 Å². The van der Waals surface area contributed by atoms with Gasteiger partial charge in [-0.3, -0.25) is 19.2 Å². The molecule has 2 bridgehead atoms. The number of likely N-dealkylation sites (tertiary alicyclic amines) is 2. The fourth-order valence-electron chi connectivity index (χ4n) is 10.3. The fraction of sp³-hybridized carbons (Fsp3) is 0.895. The van der Waals surface area contributed by atoms with Gasteiger partial charge in [0.05, 0.1) is 51.2 Å². The minimum Gasteiger partial charge on any atom is -0.353 e. The summed E-state index contributed by atoms with van der Waals surface area (Å²) in [6.45, 7) is 11.0. The first-order valence-corrected chi connectivity index (χ1v) is 20.1. The van der Waals surface area contributed by atoms with Crippen LogP contribution in [0.4, 0.5) is 0 Å². The van der Waals surface area contributed by atoms with Crippen molar-refractivity contribution in [1.82, 2.24) is 21.3 Å². The molecule has 7 aliphatic rings. The lowest BCUT2D eigenvalue weighted by Gasteiger charge is -2.53. The minimum absolute atomic E-state index is 0.0196. The predicted molar refractivity (Wildman–Crippen MR) is 185 cm³/mol. The number of hydrogen-bond donors (Lipinski definition) is 6. The Morgan fingerprint density at radius 2 is 1.04 bits per heavy atom. The number of quaternary nitrogens is 2. The van der Waals surface area contributed by atoms with E-state index in [1.165, 1.54) is 24.4 Å². The van der Waals surface area contributed by atoms with Gasteiger partial charge < -0.3 is 31.1 Å². The number of nitrogens with one attached hydrogen (secondary N) is 6. The first-order chi connectivity index (χ1) is 23.2. The monoisotopic (exact) mass is 671 g/mol. The van der Waals surface area contributed by atoms with E-state index in [9.17, 15) is 19.2 Å². The van der Waals surface area contributed by atoms with Crippen LogP contribution >= 0.6 is 0 Å². The summed E-state index contributed by atoms with van der Waals surface area (Å²) in [6, 6.07) is 0.658. The number of rotatable bonds is 10. The lowest BCUT2D eigenvalue weighted by atomic mass is 9.56. The lowest BCUT2D eigenvalue weighted by Crippen LogP contribution is -3.14. The van der Waals surface area contributed by atoms with Crippen LogP contribution in [0.5, 0.6) is 0 Å². The van der Waals surface area contributed by atoms with E-state index in [0.717, 1.165) is 135 Å². The molecule has 7 rings (SSSR count). The van der Waals surface area contributed by atoms with E-state index in [1.54, 1.807) is 4.90 Å². The largest absolute Gasteiger partial charge is 0.353 e. The molecule has 2 saturated heterocycles. The Kier molecular flexibility index (Phi) is 11.7. The zero-order valence-corrected chi connectivity index (χ0v) is 30.1. The molecule has 0 aromatic heterocycles. The van der Waals surface area contributed by atoms with Crippen LogP contribution in [0.1, 0.15) is 129 Å². The van der Waals surface area contributed by atoms with Crippen LogP contribution in [-0.2, 0) is 19.2 Å². The molecule has 0 radical (unpaired) electrons. The van der Waals surface area contributed by atoms with Crippen LogP contribution < -0.4 is 31.1 Å². The van der Waals surface area contributed by atoms with Crippen molar-refractivity contribution >= 4 is 23.6 Å². The van der Waals surface area contributed by atoms with Gasteiger partial charge in [0.15, 0.2) is 0 Å². The number of fused-ring (bicyclic) bond motifs is 3. The molecule has 0 aromatic carbocycles. The van der Waals surface area contributed by atoms with Gasteiger partial charge in [-0.25, -0.2) is 0 Å². The van der Waals surface area contributed by atoms with E-state index in [-0.39, 0.29) is 64.4 Å². The third kappa shape index (κ3) is 8.39. The summed E-state index contributed by atoms with van der Waals surface area (Å²) in [5.41, 5.74) is -0.475. The summed E-state index contributed by atoms with van der Waals surface area (Å²) in [5, 5.41) is 13.6. The second-order valence-corrected chi connectivity index (χ2v) is 16.9. The Labute approximate surface area is 289 Å². The number of likely N-dealkylation sites (N-methyl/N-ethyl adjacent to an activating group) is 1. The maximum atomic E-state index is 13.7. The van der Waals surface area contributed by atoms with Gasteiger partial charge in [-0.2, -0.15) is 0 Å². The van der Waals surface area contributed by atoms with Crippen molar-refractivity contribution < 1.29 is 29.0 Å². The highest BCUT2D eigenvalue weighted by Gasteiger charge is 2.53. The van der Waals surface area contributed by atoms with Gasteiger partial charge in [0.2, 0.25) is 23.6 Å². The number of carbonyl (C=O) groups excluding carboxylic acids is 4. The number of hydrogen-bond acceptors (Lipinski definition) is 4. The standard InChI is InChI=1S/C38H64N6O4/c1-3-43-23-5-7-29(25-43)34(46)39-30-13-11-28(12-14-30)35(47)42-38-20-17-37(18-21-38,19-22-38)36(48)41-31-15-9-27(10-16-31)33(45)40-32-8-6-24-44(4-2)26-32/h27-32H,3-26H2,1-2H3,(H,39,46)(H,40,45)(H,41,48)(H,42,47)/p+2. The van der Waals surface area contributed by atoms with Gasteiger partial charge in [-0.05, 0) is 129 Å². The Morgan fingerprint density at radius 1 is 0.542 bits per heavy atom. The number of carbonyl (C=O) groups is 4. The van der Waals surface area contributed by atoms with Gasteiger partial charge in [0.1, 0.15) is 0 Å². The second kappa shape index (κ2) is 15.8. The van der Waals surface area contributed by atoms with E-state index < -0.39 is 0 Å². The molecule has 48 heavy (non-hydrogen) atoms. The highest BCUT2D eigenvalue weighted by Crippen LogP contribution is 2.53. The van der Waals surface area contributed by atoms with Crippen molar-refractivity contribution in [2.75, 3.05) is 39.3 Å². The fourth-order valence-corrected chi connectivity index (χ4v) is 10.3. The van der Waals surface area contributed by atoms with Crippen molar-refractivity contribution in [2.45, 2.75) is 153 Å². The third-order valence-electron chi connectivity index (χ3n) is 13.9. The quantitative estimate of drug-likeness (QED) is 0.208. The summed E-state index contributed by atoms with van der Waals surface area (Å²) in [6.07, 6.45) is 16.4. The van der Waals surface area contributed by atoms with Crippen molar-refractivity contribution in [3.8, 4) is 0 Å². The summed E-state index contributed by atoms with van der Waals surface area (Å²) < 4.78 is 0. The molecule has 7 fully saturated rings. The van der Waals surface area contributed by atoms with E-state index in [0.29, 0.717) is 6.04 Å². The molecule has 4 atom stereocenters. The van der Waals surface area contributed by atoms with Crippen LogP contribution in [0.25, 0.3) is 0 Å². The smallest absolute Gasteiger partial charge is 0.229 e. The molecule has 10 nitrogen and oxygen atoms in total. The van der Waals surface area contributed by atoms with Crippen molar-refractivity contribution in [3.63, 3.8) is 0 Å². The van der Waals surface area contributed by atoms with Gasteiger partial charge >= 0.3 is 0 Å². The summed E-state index contributed by atoms with van der Waals surface area (Å²) in [5.74, 6) is 1.05. The molecule has 4 amide bonds. The number of piperidine rings is 2. The maximum absolute atomic E-state index is 13.7. The molecule has 270 valence electrons. The molecule has 4 unspecified atom stereocenters. The molecule has 10 heteroatoms. The van der Waals surface area contributed by atoms with Gasteiger partial charge in [0, 0.05) is 34.9 Å². The first kappa shape index (κ1) is 35.6. The SMILES string of the molecule is CC[NH+]1CCCC(NC(=O)C2CCC(NC(=O)C34CCC(NC(=O)C5CCC(NC(=O)C6CCC[NH+](CC)C6)CC5)(CC3)CC4)CC2)C1. The predicted octanol–water partition coefficient (Wildman–Crippen LogP) is 1.04. The lowest BCUT2D eigenvalue weighted by molar-refractivity contribution is -0.905. The molecular formula is C38H66N6O4+2. The summed E-state index contributed by atoms with van der Waals surface area (Å²) in [7, 11) is 0. The van der Waals surface area contributed by atoms with Crippen molar-refractivity contribution in [1.29, 1.82) is 0 Å². The van der Waals surface area contributed by atoms with Crippen LogP contribution in [-0.4, -0.2) is 86.6 Å². The van der Waals surface area contributed by atoms with E-state index in [1.807, 2.05) is 0 Å². The zero-order chi connectivity index (χ0) is 33.7. The Hall–Kier alpha value is -2.20. The number of amides is 4. The van der Waals surface area contributed by atoms with Crippen LogP contribution in [0, 0.1) is 23.2 Å². The molecule has 0 spiro atoms. The normalized spacial score (nSPS) is 40.0. The molecule has 5 saturated carbocycles. The average molecular weight is 671 g/mol. The zero-order valence-electron chi connectivity index (χ0n) is 30.1. The van der Waals surface area contributed by atoms with Crippen molar-refractivity contribution in [3.05, 3.63) is 0 Å².